The largest absolute Gasteiger partial charge is 0.496 e. The first-order valence-corrected chi connectivity index (χ1v) is 11.7. The van der Waals surface area contributed by atoms with Crippen molar-refractivity contribution in [2.24, 2.45) is 0 Å². The summed E-state index contributed by atoms with van der Waals surface area (Å²) in [5, 5.41) is 6.15. The van der Waals surface area contributed by atoms with Gasteiger partial charge >= 0.3 is 0 Å². The Labute approximate surface area is 204 Å². The molecule has 0 radical (unpaired) electrons. The number of nitrogen functional groups attached to an aromatic ring is 1. The molecular weight excluding hydrogens is 454 g/mol. The van der Waals surface area contributed by atoms with Crippen LogP contribution in [0.5, 0.6) is 5.75 Å². The summed E-state index contributed by atoms with van der Waals surface area (Å²) in [6, 6.07) is 1.58. The number of nitrogens with zero attached hydrogens (tertiary/aromatic N) is 6. The molecule has 1 saturated heterocycles. The van der Waals surface area contributed by atoms with Gasteiger partial charge in [-0.15, -0.1) is 0 Å². The summed E-state index contributed by atoms with van der Waals surface area (Å²) in [7, 11) is 5.25. The van der Waals surface area contributed by atoms with Crippen LogP contribution in [0.3, 0.4) is 0 Å². The molecule has 182 valence electrons. The van der Waals surface area contributed by atoms with E-state index in [0.717, 1.165) is 46.6 Å². The fourth-order valence-electron chi connectivity index (χ4n) is 4.91. The van der Waals surface area contributed by atoms with Gasteiger partial charge in [0.05, 0.1) is 30.3 Å². The van der Waals surface area contributed by atoms with Crippen LogP contribution in [0.2, 0.25) is 5.02 Å². The first-order chi connectivity index (χ1) is 16.1. The van der Waals surface area contributed by atoms with Crippen molar-refractivity contribution in [2.75, 3.05) is 40.0 Å². The molecule has 2 atom stereocenters. The Kier molecular flexibility index (Phi) is 6.44. The van der Waals surface area contributed by atoms with Crippen LogP contribution in [0.15, 0.2) is 12.4 Å². The Hall–Kier alpha value is -2.91. The molecule has 2 N–H and O–H groups in total. The van der Waals surface area contributed by atoms with Crippen molar-refractivity contribution in [3.05, 3.63) is 39.8 Å². The van der Waals surface area contributed by atoms with Crippen molar-refractivity contribution in [1.29, 1.82) is 0 Å². The third kappa shape index (κ3) is 3.86. The van der Waals surface area contributed by atoms with E-state index in [1.54, 1.807) is 26.1 Å². The third-order valence-corrected chi connectivity index (χ3v) is 7.32. The van der Waals surface area contributed by atoms with Gasteiger partial charge in [-0.3, -0.25) is 9.69 Å². The number of hydrogen-bond acceptors (Lipinski definition) is 7. The van der Waals surface area contributed by atoms with Gasteiger partial charge in [-0.25, -0.2) is 14.6 Å². The lowest BCUT2D eigenvalue weighted by molar-refractivity contribution is -0.135. The van der Waals surface area contributed by atoms with Crippen LogP contribution in [-0.2, 0) is 4.79 Å². The molecule has 0 aliphatic carbocycles. The molecule has 0 bridgehead atoms. The highest BCUT2D eigenvalue weighted by Crippen LogP contribution is 2.44. The monoisotopic (exact) mass is 485 g/mol. The quantitative estimate of drug-likeness (QED) is 0.572. The highest BCUT2D eigenvalue weighted by Gasteiger charge is 2.38. The maximum atomic E-state index is 12.4. The molecule has 3 heterocycles. The molecule has 3 aromatic rings. The van der Waals surface area contributed by atoms with E-state index in [1.807, 2.05) is 38.4 Å². The van der Waals surface area contributed by atoms with Gasteiger partial charge in [0.1, 0.15) is 17.9 Å². The minimum Gasteiger partial charge on any atom is -0.496 e. The molecule has 9 nitrogen and oxygen atoms in total. The van der Waals surface area contributed by atoms with E-state index in [2.05, 4.69) is 14.9 Å². The van der Waals surface area contributed by atoms with Crippen molar-refractivity contribution in [3.8, 4) is 5.75 Å². The molecule has 1 amide bonds. The van der Waals surface area contributed by atoms with E-state index >= 15 is 0 Å². The number of methoxy groups -OCH3 is 1. The molecular formula is C24H32ClN7O2. The summed E-state index contributed by atoms with van der Waals surface area (Å²) in [5.41, 5.74) is 10.5. The Balaban J connectivity index is 1.73. The summed E-state index contributed by atoms with van der Waals surface area (Å²) in [6.45, 7) is 9.44. The van der Waals surface area contributed by atoms with Crippen LogP contribution in [0, 0.1) is 13.8 Å². The standard InChI is InChI=1S/C24H32ClN7O2/c1-12-18(25)8-17(14(3)32-23-20(13(2)29-32)22(26)27-11-28-23)21(34-7)19(12)16-9-31(10-16)15(4)24(33)30(5)6/h8,11,14-16H,9-10H2,1-7H3,(H2,26,27,28)/t14?,15-/m0/s1. The van der Waals surface area contributed by atoms with Crippen molar-refractivity contribution < 1.29 is 9.53 Å². The average molecular weight is 486 g/mol. The second kappa shape index (κ2) is 9.03. The molecule has 1 unspecified atom stereocenters. The first kappa shape index (κ1) is 24.2. The van der Waals surface area contributed by atoms with Crippen molar-refractivity contribution in [3.63, 3.8) is 0 Å². The van der Waals surface area contributed by atoms with Crippen molar-refractivity contribution in [2.45, 2.75) is 45.7 Å². The highest BCUT2D eigenvalue weighted by atomic mass is 35.5. The van der Waals surface area contributed by atoms with Gasteiger partial charge in [-0.1, -0.05) is 11.6 Å². The fraction of sp³-hybridized carbons (Fsp3) is 0.500. The Bertz CT molecular complexity index is 1250. The van der Waals surface area contributed by atoms with E-state index in [9.17, 15) is 4.79 Å². The van der Waals surface area contributed by atoms with Gasteiger partial charge in [0.25, 0.3) is 0 Å². The molecule has 1 aliphatic heterocycles. The van der Waals surface area contributed by atoms with Crippen LogP contribution in [0.1, 0.15) is 48.2 Å². The zero-order chi connectivity index (χ0) is 24.9. The van der Waals surface area contributed by atoms with Gasteiger partial charge in [0.2, 0.25) is 5.91 Å². The van der Waals surface area contributed by atoms with Crippen LogP contribution in [-0.4, -0.2) is 75.8 Å². The van der Waals surface area contributed by atoms with Crippen molar-refractivity contribution in [1.82, 2.24) is 29.5 Å². The van der Waals surface area contributed by atoms with Crippen LogP contribution in [0.4, 0.5) is 5.82 Å². The van der Waals surface area contributed by atoms with Gasteiger partial charge in [0, 0.05) is 49.3 Å². The molecule has 1 aromatic carbocycles. The topological polar surface area (TPSA) is 102 Å². The number of rotatable bonds is 6. The number of likely N-dealkylation sites (N-methyl/N-ethyl adjacent to an activating group) is 1. The lowest BCUT2D eigenvalue weighted by atomic mass is 9.84. The lowest BCUT2D eigenvalue weighted by Gasteiger charge is -2.44. The van der Waals surface area contributed by atoms with Crippen LogP contribution >= 0.6 is 11.6 Å². The van der Waals surface area contributed by atoms with Gasteiger partial charge in [-0.05, 0) is 39.3 Å². The molecule has 0 saturated carbocycles. The molecule has 10 heteroatoms. The molecule has 2 aromatic heterocycles. The number of halogens is 1. The SMILES string of the molecule is COc1c(C(C)n2nc(C)c3c(N)ncnc32)cc(Cl)c(C)c1C1CN([C@@H](C)C(=O)N(C)C)C1. The summed E-state index contributed by atoms with van der Waals surface area (Å²) >= 11 is 6.74. The highest BCUT2D eigenvalue weighted by molar-refractivity contribution is 6.31. The minimum atomic E-state index is -0.206. The molecule has 34 heavy (non-hydrogen) atoms. The first-order valence-electron chi connectivity index (χ1n) is 11.3. The Morgan fingerprint density at radius 1 is 1.26 bits per heavy atom. The Morgan fingerprint density at radius 3 is 2.56 bits per heavy atom. The number of carbonyl (C=O) groups excluding carboxylic acids is 1. The predicted molar refractivity (Wildman–Crippen MR) is 133 cm³/mol. The van der Waals surface area contributed by atoms with E-state index < -0.39 is 0 Å². The number of fused-ring (bicyclic) bond motifs is 1. The zero-order valence-electron chi connectivity index (χ0n) is 20.8. The van der Waals surface area contributed by atoms with Gasteiger partial charge in [0.15, 0.2) is 5.65 Å². The van der Waals surface area contributed by atoms with E-state index in [0.29, 0.717) is 16.5 Å². The smallest absolute Gasteiger partial charge is 0.239 e. The van der Waals surface area contributed by atoms with Crippen molar-refractivity contribution >= 4 is 34.4 Å². The number of likely N-dealkylation sites (tertiary alicyclic amines) is 1. The second-order valence-electron chi connectivity index (χ2n) is 9.24. The summed E-state index contributed by atoms with van der Waals surface area (Å²) in [5.74, 6) is 1.52. The number of hydrogen-bond donors (Lipinski definition) is 1. The van der Waals surface area contributed by atoms with Crippen LogP contribution < -0.4 is 10.5 Å². The summed E-state index contributed by atoms with van der Waals surface area (Å²) in [6.07, 6.45) is 1.45. The maximum Gasteiger partial charge on any atom is 0.239 e. The lowest BCUT2D eigenvalue weighted by Crippen LogP contribution is -2.54. The summed E-state index contributed by atoms with van der Waals surface area (Å²) in [4.78, 5) is 24.8. The fourth-order valence-corrected chi connectivity index (χ4v) is 5.13. The van der Waals surface area contributed by atoms with Crippen LogP contribution in [0.25, 0.3) is 11.0 Å². The second-order valence-corrected chi connectivity index (χ2v) is 9.65. The van der Waals surface area contributed by atoms with E-state index in [1.165, 1.54) is 6.33 Å². The number of ether oxygens (including phenoxy) is 1. The molecule has 1 fully saturated rings. The maximum absolute atomic E-state index is 12.4. The predicted octanol–water partition coefficient (Wildman–Crippen LogP) is 3.17. The number of anilines is 1. The van der Waals surface area contributed by atoms with E-state index in [4.69, 9.17) is 27.2 Å². The number of aryl methyl sites for hydroxylation is 1. The van der Waals surface area contributed by atoms with E-state index in [-0.39, 0.29) is 23.9 Å². The molecule has 0 spiro atoms. The minimum absolute atomic E-state index is 0.102. The molecule has 1 aliphatic rings. The normalized spacial score (nSPS) is 16.4. The average Bonchev–Trinajstić information content (AvgIpc) is 3.11. The zero-order valence-corrected chi connectivity index (χ0v) is 21.5. The molecule has 4 rings (SSSR count). The third-order valence-electron chi connectivity index (χ3n) is 6.93. The number of carbonyl (C=O) groups is 1. The van der Waals surface area contributed by atoms with Gasteiger partial charge in [-0.2, -0.15) is 5.10 Å². The Morgan fingerprint density at radius 2 is 1.94 bits per heavy atom. The number of aromatic nitrogens is 4. The van der Waals surface area contributed by atoms with Gasteiger partial charge < -0.3 is 15.4 Å². The summed E-state index contributed by atoms with van der Waals surface area (Å²) < 4.78 is 7.83. The number of nitrogens with two attached hydrogens (primary N) is 1. The number of benzene rings is 1. The number of amides is 1.